The summed E-state index contributed by atoms with van der Waals surface area (Å²) in [7, 11) is 1.65. The number of aromatic nitrogens is 1. The number of ether oxygens (including phenoxy) is 4. The number of nitrogens with one attached hydrogen (secondary N) is 1. The zero-order valence-electron chi connectivity index (χ0n) is 20.7. The predicted octanol–water partition coefficient (Wildman–Crippen LogP) is 1.88. The maximum Gasteiger partial charge on any atom is 0.269 e. The molecule has 0 spiro atoms. The van der Waals surface area contributed by atoms with Crippen LogP contribution >= 0.6 is 0 Å². The second-order valence-electron chi connectivity index (χ2n) is 9.00. The van der Waals surface area contributed by atoms with Gasteiger partial charge < -0.3 is 41.2 Å². The fourth-order valence-electron chi connectivity index (χ4n) is 4.89. The molecule has 3 heterocycles. The highest BCUT2D eigenvalue weighted by atomic mass is 79.9. The van der Waals surface area contributed by atoms with Gasteiger partial charge in [0.05, 0.1) is 29.6 Å². The van der Waals surface area contributed by atoms with Gasteiger partial charge in [-0.05, 0) is 53.8 Å². The van der Waals surface area contributed by atoms with Crippen LogP contribution < -0.4 is 45.8 Å². The lowest BCUT2D eigenvalue weighted by Gasteiger charge is -2.18. The Labute approximate surface area is 229 Å². The Kier molecular flexibility index (Phi) is 7.24. The number of nitro benzene ring substituents is 1. The summed E-state index contributed by atoms with van der Waals surface area (Å²) in [6.07, 6.45) is 3.80. The van der Waals surface area contributed by atoms with Crippen LogP contribution in [0.25, 0.3) is 22.0 Å². The van der Waals surface area contributed by atoms with Gasteiger partial charge >= 0.3 is 0 Å². The molecule has 10 heteroatoms. The first-order chi connectivity index (χ1) is 18.1. The number of rotatable bonds is 8. The molecule has 6 rings (SSSR count). The Bertz CT molecular complexity index is 1510. The summed E-state index contributed by atoms with van der Waals surface area (Å²) in [4.78, 5) is 10.4. The molecule has 2 aliphatic rings. The zero-order chi connectivity index (χ0) is 25.4. The van der Waals surface area contributed by atoms with Crippen LogP contribution in [0.4, 0.5) is 11.4 Å². The maximum atomic E-state index is 10.8. The lowest BCUT2D eigenvalue weighted by atomic mass is 9.95. The quantitative estimate of drug-likeness (QED) is 0.147. The normalized spacial score (nSPS) is 12.8. The first kappa shape index (κ1) is 25.6. The first-order valence-corrected chi connectivity index (χ1v) is 12.2. The van der Waals surface area contributed by atoms with Crippen molar-refractivity contribution in [2.24, 2.45) is 0 Å². The highest BCUT2D eigenvalue weighted by Gasteiger charge is 2.28. The smallest absolute Gasteiger partial charge is 0.269 e. The molecule has 9 nitrogen and oxygen atoms in total. The maximum absolute atomic E-state index is 10.8. The van der Waals surface area contributed by atoms with E-state index in [4.69, 9.17) is 18.9 Å². The Balaban J connectivity index is 0.00000294. The van der Waals surface area contributed by atoms with Crippen molar-refractivity contribution in [1.82, 2.24) is 0 Å². The second-order valence-corrected chi connectivity index (χ2v) is 9.00. The van der Waals surface area contributed by atoms with Crippen LogP contribution in [0.3, 0.4) is 0 Å². The van der Waals surface area contributed by atoms with Gasteiger partial charge in [0.15, 0.2) is 35.7 Å². The molecule has 38 heavy (non-hydrogen) atoms. The third kappa shape index (κ3) is 4.79. The van der Waals surface area contributed by atoms with Gasteiger partial charge in [0.25, 0.3) is 5.69 Å². The van der Waals surface area contributed by atoms with Gasteiger partial charge in [0.2, 0.25) is 12.5 Å². The number of nitrogens with zero attached hydrogens (tertiary/aromatic N) is 2. The third-order valence-corrected chi connectivity index (χ3v) is 6.77. The molecule has 2 aliphatic heterocycles. The molecule has 0 aliphatic carbocycles. The van der Waals surface area contributed by atoms with E-state index < -0.39 is 4.92 Å². The van der Waals surface area contributed by atoms with Crippen molar-refractivity contribution < 1.29 is 45.4 Å². The van der Waals surface area contributed by atoms with Crippen LogP contribution in [-0.2, 0) is 13.0 Å². The molecular formula is C28H26BrN3O6. The van der Waals surface area contributed by atoms with Crippen LogP contribution in [0.2, 0.25) is 0 Å². The van der Waals surface area contributed by atoms with E-state index >= 15 is 0 Å². The number of methoxy groups -OCH3 is 1. The summed E-state index contributed by atoms with van der Waals surface area (Å²) in [5.74, 6) is 3.02. The summed E-state index contributed by atoms with van der Waals surface area (Å²) >= 11 is 0. The number of fused-ring (bicyclic) bond motifs is 5. The molecule has 4 aromatic rings. The SMILES string of the molecule is COc1ccc2cc3[n+](cc2c1OCCCNc1ccc([N+](=O)[O-])cc1)CCc1cc2c(cc1-3)OCO2.[Br-]. The highest BCUT2D eigenvalue weighted by molar-refractivity contribution is 5.91. The number of hydrogen-bond donors (Lipinski definition) is 1. The van der Waals surface area contributed by atoms with Crippen molar-refractivity contribution >= 4 is 22.1 Å². The van der Waals surface area contributed by atoms with Crippen LogP contribution in [0, 0.1) is 10.1 Å². The van der Waals surface area contributed by atoms with Crippen LogP contribution in [-0.4, -0.2) is 32.0 Å². The van der Waals surface area contributed by atoms with E-state index in [-0.39, 0.29) is 29.5 Å². The van der Waals surface area contributed by atoms with E-state index in [9.17, 15) is 10.1 Å². The van der Waals surface area contributed by atoms with Crippen molar-refractivity contribution in [1.29, 1.82) is 0 Å². The van der Waals surface area contributed by atoms with E-state index in [2.05, 4.69) is 40.3 Å². The zero-order valence-corrected chi connectivity index (χ0v) is 22.3. The number of hydrogen-bond acceptors (Lipinski definition) is 7. The molecule has 0 atom stereocenters. The minimum absolute atomic E-state index is 0. The fourth-order valence-corrected chi connectivity index (χ4v) is 4.89. The first-order valence-electron chi connectivity index (χ1n) is 12.2. The standard InChI is InChI=1S/C28H26N3O6.BrH/c1-34-25-8-3-18-13-24-22-15-27-26(36-17-37-27)14-19(22)9-11-30(24)16-23(18)28(25)35-12-2-10-29-20-4-6-21(7-5-20)31(32)33;/h3-8,13-16,29H,2,9-12,17H2,1H3;1H/q+1;/p-1. The molecular weight excluding hydrogens is 554 g/mol. The number of pyridine rings is 1. The molecule has 0 unspecified atom stereocenters. The van der Waals surface area contributed by atoms with Crippen molar-refractivity contribution in [2.75, 3.05) is 32.4 Å². The number of halogens is 1. The monoisotopic (exact) mass is 579 g/mol. The molecule has 0 saturated heterocycles. The summed E-state index contributed by atoms with van der Waals surface area (Å²) in [6, 6.07) is 16.8. The van der Waals surface area contributed by atoms with Gasteiger partial charge in [-0.2, -0.15) is 4.57 Å². The fraction of sp³-hybridized carbons (Fsp3) is 0.250. The molecule has 3 aromatic carbocycles. The average Bonchev–Trinajstić information content (AvgIpc) is 3.38. The minimum Gasteiger partial charge on any atom is -1.00 e. The van der Waals surface area contributed by atoms with Crippen LogP contribution in [0.1, 0.15) is 12.0 Å². The lowest BCUT2D eigenvalue weighted by Crippen LogP contribution is -3.00. The number of benzene rings is 3. The van der Waals surface area contributed by atoms with Crippen molar-refractivity contribution in [3.05, 3.63) is 76.5 Å². The highest BCUT2D eigenvalue weighted by Crippen LogP contribution is 2.41. The van der Waals surface area contributed by atoms with Gasteiger partial charge in [-0.1, -0.05) is 0 Å². The molecule has 1 N–H and O–H groups in total. The van der Waals surface area contributed by atoms with E-state index in [0.29, 0.717) is 18.9 Å². The van der Waals surface area contributed by atoms with Gasteiger partial charge in [-0.15, -0.1) is 0 Å². The Morgan fingerprint density at radius 3 is 2.63 bits per heavy atom. The summed E-state index contributed by atoms with van der Waals surface area (Å²) in [5.41, 5.74) is 4.46. The Morgan fingerprint density at radius 1 is 1.08 bits per heavy atom. The third-order valence-electron chi connectivity index (χ3n) is 6.77. The van der Waals surface area contributed by atoms with Gasteiger partial charge in [0, 0.05) is 36.9 Å². The summed E-state index contributed by atoms with van der Waals surface area (Å²) < 4.78 is 25.3. The van der Waals surface area contributed by atoms with Gasteiger partial charge in [-0.3, -0.25) is 10.1 Å². The number of aryl methyl sites for hydroxylation is 2. The van der Waals surface area contributed by atoms with E-state index in [1.807, 2.05) is 6.07 Å². The molecule has 0 radical (unpaired) electrons. The van der Waals surface area contributed by atoms with Crippen molar-refractivity contribution in [2.45, 2.75) is 19.4 Å². The Hall–Kier alpha value is -4.05. The number of nitro groups is 1. The van der Waals surface area contributed by atoms with Crippen LogP contribution in [0.15, 0.2) is 60.8 Å². The number of non-ortho nitro benzene ring substituents is 1. The van der Waals surface area contributed by atoms with E-state index in [1.165, 1.54) is 17.7 Å². The Morgan fingerprint density at radius 2 is 1.87 bits per heavy atom. The summed E-state index contributed by atoms with van der Waals surface area (Å²) in [5, 5.41) is 16.1. The number of anilines is 1. The molecule has 0 amide bonds. The molecule has 196 valence electrons. The summed E-state index contributed by atoms with van der Waals surface area (Å²) in [6.45, 7) is 2.28. The van der Waals surface area contributed by atoms with Gasteiger partial charge in [-0.25, -0.2) is 0 Å². The van der Waals surface area contributed by atoms with Crippen LogP contribution in [0.5, 0.6) is 23.0 Å². The van der Waals surface area contributed by atoms with Crippen molar-refractivity contribution in [3.63, 3.8) is 0 Å². The second kappa shape index (κ2) is 10.7. The molecule has 0 bridgehead atoms. The van der Waals surface area contributed by atoms with Gasteiger partial charge in [0.1, 0.15) is 0 Å². The van der Waals surface area contributed by atoms with E-state index in [0.717, 1.165) is 64.4 Å². The topological polar surface area (TPSA) is 96.0 Å². The largest absolute Gasteiger partial charge is 1.00 e. The van der Waals surface area contributed by atoms with E-state index in [1.54, 1.807) is 19.2 Å². The lowest BCUT2D eigenvalue weighted by molar-refractivity contribution is -0.686. The minimum atomic E-state index is -0.404. The predicted molar refractivity (Wildman–Crippen MR) is 138 cm³/mol. The molecule has 0 fully saturated rings. The van der Waals surface area contributed by atoms with Crippen molar-refractivity contribution in [3.8, 4) is 34.3 Å². The molecule has 1 aromatic heterocycles. The molecule has 0 saturated carbocycles. The average molecular weight is 580 g/mol.